The average Bonchev–Trinajstić information content (AvgIpc) is 2.91. The maximum Gasteiger partial charge on any atom is 0.0610 e. The van der Waals surface area contributed by atoms with Crippen molar-refractivity contribution >= 4 is 11.8 Å². The lowest BCUT2D eigenvalue weighted by Gasteiger charge is -2.28. The van der Waals surface area contributed by atoms with Gasteiger partial charge in [0.15, 0.2) is 0 Å². The van der Waals surface area contributed by atoms with E-state index in [-0.39, 0.29) is 12.1 Å². The normalized spacial score (nSPS) is 16.9. The zero-order valence-corrected chi connectivity index (χ0v) is 13.6. The summed E-state index contributed by atoms with van der Waals surface area (Å²) in [6.45, 7) is 5.32. The lowest BCUT2D eigenvalue weighted by Crippen LogP contribution is -2.45. The number of aliphatic hydroxyl groups excluding tert-OH is 1. The molecule has 1 aliphatic rings. The van der Waals surface area contributed by atoms with Crippen LogP contribution in [0.1, 0.15) is 44.2 Å². The number of aliphatic hydroxyl groups is 1. The Kier molecular flexibility index (Phi) is 5.94. The van der Waals surface area contributed by atoms with Crippen molar-refractivity contribution in [3.05, 3.63) is 29.3 Å². The Hall–Kier alpha value is -0.510. The maximum atomic E-state index is 9.47. The fourth-order valence-electron chi connectivity index (χ4n) is 2.94. The molecular weight excluding hydrogens is 266 g/mol. The SMILES string of the molecule is CCNC(C)(CO)CCCSc1ccc2c(c1)CCC2. The summed E-state index contributed by atoms with van der Waals surface area (Å²) in [5, 5.41) is 12.9. The van der Waals surface area contributed by atoms with E-state index in [0.717, 1.165) is 25.1 Å². The van der Waals surface area contributed by atoms with Crippen molar-refractivity contribution in [2.45, 2.75) is 56.4 Å². The van der Waals surface area contributed by atoms with Crippen molar-refractivity contribution in [3.63, 3.8) is 0 Å². The van der Waals surface area contributed by atoms with Crippen molar-refractivity contribution in [1.82, 2.24) is 5.32 Å². The number of rotatable bonds is 8. The molecule has 3 heteroatoms. The van der Waals surface area contributed by atoms with Crippen LogP contribution in [0.3, 0.4) is 0 Å². The number of benzene rings is 1. The van der Waals surface area contributed by atoms with Gasteiger partial charge in [-0.05, 0) is 74.6 Å². The molecule has 1 unspecified atom stereocenters. The Labute approximate surface area is 127 Å². The van der Waals surface area contributed by atoms with Gasteiger partial charge in [0, 0.05) is 10.4 Å². The van der Waals surface area contributed by atoms with E-state index in [1.165, 1.54) is 24.2 Å². The third-order valence-corrected chi connectivity index (χ3v) is 5.24. The molecule has 0 saturated heterocycles. The Morgan fingerprint density at radius 1 is 1.30 bits per heavy atom. The van der Waals surface area contributed by atoms with Crippen molar-refractivity contribution in [2.24, 2.45) is 0 Å². The van der Waals surface area contributed by atoms with E-state index in [1.807, 2.05) is 11.8 Å². The molecule has 1 aromatic carbocycles. The summed E-state index contributed by atoms with van der Waals surface area (Å²) < 4.78 is 0. The zero-order chi connectivity index (χ0) is 14.4. The van der Waals surface area contributed by atoms with Gasteiger partial charge in [-0.1, -0.05) is 13.0 Å². The topological polar surface area (TPSA) is 32.3 Å². The first-order chi connectivity index (χ1) is 9.67. The molecule has 1 aliphatic carbocycles. The molecule has 112 valence electrons. The van der Waals surface area contributed by atoms with Gasteiger partial charge in [-0.2, -0.15) is 0 Å². The molecule has 0 saturated carbocycles. The predicted octanol–water partition coefficient (Wildman–Crippen LogP) is 3.41. The largest absolute Gasteiger partial charge is 0.394 e. The molecule has 0 spiro atoms. The molecule has 20 heavy (non-hydrogen) atoms. The Bertz CT molecular complexity index is 435. The second-order valence-corrected chi connectivity index (χ2v) is 7.15. The number of aryl methyl sites for hydroxylation is 2. The highest BCUT2D eigenvalue weighted by molar-refractivity contribution is 7.99. The van der Waals surface area contributed by atoms with Crippen LogP contribution in [0.15, 0.2) is 23.1 Å². The van der Waals surface area contributed by atoms with Crippen LogP contribution < -0.4 is 5.32 Å². The van der Waals surface area contributed by atoms with Crippen LogP contribution in [0, 0.1) is 0 Å². The molecule has 0 heterocycles. The van der Waals surface area contributed by atoms with Gasteiger partial charge in [-0.25, -0.2) is 0 Å². The van der Waals surface area contributed by atoms with Crippen LogP contribution in [0.25, 0.3) is 0 Å². The van der Waals surface area contributed by atoms with Crippen LogP contribution in [-0.2, 0) is 12.8 Å². The summed E-state index contributed by atoms with van der Waals surface area (Å²) in [6.07, 6.45) is 5.99. The first-order valence-corrected chi connectivity index (χ1v) is 8.76. The number of hydrogen-bond acceptors (Lipinski definition) is 3. The minimum Gasteiger partial charge on any atom is -0.394 e. The molecule has 2 N–H and O–H groups in total. The number of nitrogens with one attached hydrogen (secondary N) is 1. The highest BCUT2D eigenvalue weighted by Crippen LogP contribution is 2.28. The number of hydrogen-bond donors (Lipinski definition) is 2. The highest BCUT2D eigenvalue weighted by Gasteiger charge is 2.20. The van der Waals surface area contributed by atoms with Gasteiger partial charge in [0.25, 0.3) is 0 Å². The average molecular weight is 293 g/mol. The van der Waals surface area contributed by atoms with E-state index in [1.54, 1.807) is 11.1 Å². The minimum atomic E-state index is -0.118. The van der Waals surface area contributed by atoms with Crippen molar-refractivity contribution in [3.8, 4) is 0 Å². The molecule has 1 aromatic rings. The summed E-state index contributed by atoms with van der Waals surface area (Å²) in [5.74, 6) is 1.12. The lowest BCUT2D eigenvalue weighted by molar-refractivity contribution is 0.167. The molecule has 0 bridgehead atoms. The number of thioether (sulfide) groups is 1. The monoisotopic (exact) mass is 293 g/mol. The molecule has 2 rings (SSSR count). The van der Waals surface area contributed by atoms with E-state index in [0.29, 0.717) is 0 Å². The van der Waals surface area contributed by atoms with Gasteiger partial charge in [-0.15, -0.1) is 11.8 Å². The molecular formula is C17H27NOS. The van der Waals surface area contributed by atoms with Gasteiger partial charge >= 0.3 is 0 Å². The van der Waals surface area contributed by atoms with Gasteiger partial charge in [0.2, 0.25) is 0 Å². The minimum absolute atomic E-state index is 0.118. The summed E-state index contributed by atoms with van der Waals surface area (Å²) in [4.78, 5) is 1.40. The maximum absolute atomic E-state index is 9.47. The first kappa shape index (κ1) is 15.9. The van der Waals surface area contributed by atoms with E-state index in [2.05, 4.69) is 37.4 Å². The fraction of sp³-hybridized carbons (Fsp3) is 0.647. The van der Waals surface area contributed by atoms with Gasteiger partial charge in [0.05, 0.1) is 6.61 Å². The highest BCUT2D eigenvalue weighted by atomic mass is 32.2. The second-order valence-electron chi connectivity index (χ2n) is 5.99. The van der Waals surface area contributed by atoms with E-state index < -0.39 is 0 Å². The van der Waals surface area contributed by atoms with Crippen LogP contribution in [-0.4, -0.2) is 29.5 Å². The van der Waals surface area contributed by atoms with Crippen molar-refractivity contribution in [1.29, 1.82) is 0 Å². The zero-order valence-electron chi connectivity index (χ0n) is 12.7. The first-order valence-electron chi connectivity index (χ1n) is 7.77. The van der Waals surface area contributed by atoms with Crippen molar-refractivity contribution in [2.75, 3.05) is 18.9 Å². The third-order valence-electron chi connectivity index (χ3n) is 4.16. The van der Waals surface area contributed by atoms with Crippen LogP contribution in [0.4, 0.5) is 0 Å². The number of likely N-dealkylation sites (N-methyl/N-ethyl adjacent to an activating group) is 1. The van der Waals surface area contributed by atoms with Gasteiger partial charge in [0.1, 0.15) is 0 Å². The fourth-order valence-corrected chi connectivity index (χ4v) is 3.85. The standard InChI is InChI=1S/C17H27NOS/c1-3-18-17(2,13-19)10-5-11-20-16-9-8-14-6-4-7-15(14)12-16/h8-9,12,18-19H,3-7,10-11,13H2,1-2H3. The molecule has 0 aliphatic heterocycles. The van der Waals surface area contributed by atoms with Crippen molar-refractivity contribution < 1.29 is 5.11 Å². The molecule has 2 nitrogen and oxygen atoms in total. The molecule has 1 atom stereocenters. The quantitative estimate of drug-likeness (QED) is 0.569. The van der Waals surface area contributed by atoms with Crippen LogP contribution >= 0.6 is 11.8 Å². The Morgan fingerprint density at radius 2 is 2.10 bits per heavy atom. The van der Waals surface area contributed by atoms with E-state index in [9.17, 15) is 5.11 Å². The second kappa shape index (κ2) is 7.48. The Balaban J connectivity index is 1.76. The summed E-state index contributed by atoms with van der Waals surface area (Å²) in [7, 11) is 0. The van der Waals surface area contributed by atoms with Crippen LogP contribution in [0.2, 0.25) is 0 Å². The molecule has 0 radical (unpaired) electrons. The van der Waals surface area contributed by atoms with Crippen LogP contribution in [0.5, 0.6) is 0 Å². The molecule has 0 amide bonds. The molecule has 0 aromatic heterocycles. The Morgan fingerprint density at radius 3 is 2.85 bits per heavy atom. The smallest absolute Gasteiger partial charge is 0.0610 e. The van der Waals surface area contributed by atoms with E-state index >= 15 is 0 Å². The lowest BCUT2D eigenvalue weighted by atomic mass is 9.97. The predicted molar refractivity (Wildman–Crippen MR) is 87.6 cm³/mol. The third kappa shape index (κ3) is 4.24. The molecule has 0 fully saturated rings. The van der Waals surface area contributed by atoms with E-state index in [4.69, 9.17) is 0 Å². The summed E-state index contributed by atoms with van der Waals surface area (Å²) in [6, 6.07) is 6.95. The summed E-state index contributed by atoms with van der Waals surface area (Å²) >= 11 is 1.95. The van der Waals surface area contributed by atoms with Gasteiger partial charge in [-0.3, -0.25) is 0 Å². The summed E-state index contributed by atoms with van der Waals surface area (Å²) in [5.41, 5.74) is 2.99. The van der Waals surface area contributed by atoms with Gasteiger partial charge < -0.3 is 10.4 Å². The number of fused-ring (bicyclic) bond motifs is 1.